The highest BCUT2D eigenvalue weighted by molar-refractivity contribution is 6.07. The molecule has 2 aromatic rings. The van der Waals surface area contributed by atoms with Crippen molar-refractivity contribution in [1.29, 1.82) is 0 Å². The average Bonchev–Trinajstić information content (AvgIpc) is 2.44. The third-order valence-electron chi connectivity index (χ3n) is 2.84. The van der Waals surface area contributed by atoms with Gasteiger partial charge in [0, 0.05) is 12.1 Å². The van der Waals surface area contributed by atoms with E-state index < -0.39 is 17.6 Å². The molecule has 3 rings (SSSR count). The van der Waals surface area contributed by atoms with Gasteiger partial charge in [0.25, 0.3) is 0 Å². The summed E-state index contributed by atoms with van der Waals surface area (Å²) < 4.78 is 13.9. The van der Waals surface area contributed by atoms with Crippen LogP contribution < -0.4 is 0 Å². The Morgan fingerprint density at radius 3 is 2.21 bits per heavy atom. The van der Waals surface area contributed by atoms with Crippen molar-refractivity contribution < 1.29 is 18.7 Å². The van der Waals surface area contributed by atoms with Gasteiger partial charge < -0.3 is 0 Å². The topological polar surface area (TPSA) is 49.5 Å². The monoisotopic (exact) mass is 255 g/mol. The van der Waals surface area contributed by atoms with Crippen molar-refractivity contribution in [3.63, 3.8) is 0 Å². The molecule has 0 atom stereocenters. The molecule has 0 aliphatic carbocycles. The van der Waals surface area contributed by atoms with Crippen LogP contribution in [0.4, 0.5) is 10.1 Å². The van der Waals surface area contributed by atoms with Crippen molar-refractivity contribution in [2.75, 3.05) is 0 Å². The fourth-order valence-corrected chi connectivity index (χ4v) is 1.92. The molecule has 2 aromatic carbocycles. The first-order valence-electron chi connectivity index (χ1n) is 5.62. The zero-order valence-electron chi connectivity index (χ0n) is 9.71. The number of fused-ring (bicyclic) bond motifs is 1. The SMILES string of the molecule is O=C1N=[N+](c2ccc(F)cc2)C(=O)c2ccccc21. The number of carbonyl (C=O) groups excluding carboxylic acids is 2. The third kappa shape index (κ3) is 1.85. The number of carbonyl (C=O) groups is 2. The number of rotatable bonds is 1. The summed E-state index contributed by atoms with van der Waals surface area (Å²) in [5.41, 5.74) is 0.937. The zero-order chi connectivity index (χ0) is 13.4. The zero-order valence-corrected chi connectivity index (χ0v) is 9.71. The fourth-order valence-electron chi connectivity index (χ4n) is 1.92. The number of azo groups is 2. The standard InChI is InChI=1S/C14H8FN2O2/c15-9-5-7-10(8-6-9)17-14(19)12-4-2-1-3-11(12)13(18)16-17/h1-8H/q+1. The summed E-state index contributed by atoms with van der Waals surface area (Å²) in [7, 11) is 0. The molecule has 92 valence electrons. The van der Waals surface area contributed by atoms with Gasteiger partial charge in [0.1, 0.15) is 11.4 Å². The van der Waals surface area contributed by atoms with E-state index in [1.807, 2.05) is 0 Å². The smallest absolute Gasteiger partial charge is 0.260 e. The van der Waals surface area contributed by atoms with Gasteiger partial charge in [0.05, 0.1) is 10.7 Å². The molecule has 4 nitrogen and oxygen atoms in total. The molecule has 0 saturated heterocycles. The quantitative estimate of drug-likeness (QED) is 0.735. The Kier molecular flexibility index (Phi) is 2.52. The maximum Gasteiger partial charge on any atom is 0.451 e. The van der Waals surface area contributed by atoms with Crippen LogP contribution in [0.1, 0.15) is 20.7 Å². The minimum absolute atomic E-state index is 0.283. The summed E-state index contributed by atoms with van der Waals surface area (Å²) >= 11 is 0. The molecule has 0 radical (unpaired) electrons. The van der Waals surface area contributed by atoms with Gasteiger partial charge in [-0.2, -0.15) is 0 Å². The van der Waals surface area contributed by atoms with Crippen molar-refractivity contribution in [1.82, 2.24) is 0 Å². The van der Waals surface area contributed by atoms with E-state index in [-0.39, 0.29) is 5.56 Å². The van der Waals surface area contributed by atoms with Crippen molar-refractivity contribution >= 4 is 17.5 Å². The molecule has 0 N–H and O–H groups in total. The molecule has 1 heterocycles. The summed E-state index contributed by atoms with van der Waals surface area (Å²) in [5.74, 6) is -1.30. The summed E-state index contributed by atoms with van der Waals surface area (Å²) in [6.45, 7) is 0. The third-order valence-corrected chi connectivity index (χ3v) is 2.84. The molecule has 0 aromatic heterocycles. The minimum atomic E-state index is -0.487. The predicted molar refractivity (Wildman–Crippen MR) is 63.9 cm³/mol. The molecule has 0 spiro atoms. The van der Waals surface area contributed by atoms with E-state index in [1.54, 1.807) is 24.3 Å². The van der Waals surface area contributed by atoms with E-state index in [4.69, 9.17) is 0 Å². The Balaban J connectivity index is 2.13. The lowest BCUT2D eigenvalue weighted by atomic mass is 10.0. The number of benzene rings is 2. The summed E-state index contributed by atoms with van der Waals surface area (Å²) in [5, 5.41) is 3.73. The van der Waals surface area contributed by atoms with Crippen LogP contribution in [0.2, 0.25) is 0 Å². The number of hydrogen-bond donors (Lipinski definition) is 0. The molecule has 0 unspecified atom stereocenters. The molecule has 0 fully saturated rings. The predicted octanol–water partition coefficient (Wildman–Crippen LogP) is 2.92. The lowest BCUT2D eigenvalue weighted by molar-refractivity contribution is -0.407. The van der Waals surface area contributed by atoms with Gasteiger partial charge in [0.15, 0.2) is 0 Å². The maximum atomic E-state index is 12.9. The van der Waals surface area contributed by atoms with Crippen LogP contribution in [0.5, 0.6) is 0 Å². The minimum Gasteiger partial charge on any atom is -0.260 e. The van der Waals surface area contributed by atoms with E-state index in [0.29, 0.717) is 11.3 Å². The molecule has 1 aliphatic heterocycles. The van der Waals surface area contributed by atoms with Crippen LogP contribution in [0.3, 0.4) is 0 Å². The van der Waals surface area contributed by atoms with E-state index in [2.05, 4.69) is 5.11 Å². The summed E-state index contributed by atoms with van der Waals surface area (Å²) in [6.07, 6.45) is 0. The summed E-state index contributed by atoms with van der Waals surface area (Å²) in [6, 6.07) is 11.7. The van der Waals surface area contributed by atoms with Crippen LogP contribution in [0, 0.1) is 5.82 Å². The fraction of sp³-hybridized carbons (Fsp3) is 0. The highest BCUT2D eigenvalue weighted by Crippen LogP contribution is 2.23. The summed E-state index contributed by atoms with van der Waals surface area (Å²) in [4.78, 5) is 24.1. The number of hydrogen-bond acceptors (Lipinski definition) is 2. The molecule has 2 amide bonds. The van der Waals surface area contributed by atoms with Gasteiger partial charge in [-0.3, -0.25) is 4.79 Å². The first-order valence-corrected chi connectivity index (χ1v) is 5.62. The first kappa shape index (κ1) is 11.4. The first-order chi connectivity index (χ1) is 9.16. The van der Waals surface area contributed by atoms with E-state index in [1.165, 1.54) is 24.3 Å². The number of amides is 2. The lowest BCUT2D eigenvalue weighted by Crippen LogP contribution is -2.24. The Bertz CT molecular complexity index is 720. The van der Waals surface area contributed by atoms with Crippen LogP contribution in [0.25, 0.3) is 0 Å². The van der Waals surface area contributed by atoms with Crippen LogP contribution in [0.15, 0.2) is 53.6 Å². The van der Waals surface area contributed by atoms with Crippen molar-refractivity contribution in [3.8, 4) is 0 Å². The van der Waals surface area contributed by atoms with Gasteiger partial charge in [0.2, 0.25) is 5.69 Å². The molecule has 0 bridgehead atoms. The van der Waals surface area contributed by atoms with Gasteiger partial charge in [-0.1, -0.05) is 12.1 Å². The van der Waals surface area contributed by atoms with Crippen molar-refractivity contribution in [2.45, 2.75) is 0 Å². The highest BCUT2D eigenvalue weighted by atomic mass is 19.1. The van der Waals surface area contributed by atoms with Crippen LogP contribution >= 0.6 is 0 Å². The molecule has 19 heavy (non-hydrogen) atoms. The van der Waals surface area contributed by atoms with Gasteiger partial charge >= 0.3 is 11.8 Å². The van der Waals surface area contributed by atoms with Crippen molar-refractivity contribution in [3.05, 3.63) is 65.5 Å². The van der Waals surface area contributed by atoms with Gasteiger partial charge in [-0.25, -0.2) is 9.18 Å². The van der Waals surface area contributed by atoms with E-state index >= 15 is 0 Å². The normalized spacial score (nSPS) is 14.1. The lowest BCUT2D eigenvalue weighted by Gasteiger charge is -2.06. The Labute approximate surface area is 107 Å². The largest absolute Gasteiger partial charge is 0.451 e. The molecule has 5 heteroatoms. The molecule has 1 aliphatic rings. The van der Waals surface area contributed by atoms with Crippen LogP contribution in [-0.2, 0) is 0 Å². The molecule has 0 saturated carbocycles. The van der Waals surface area contributed by atoms with Gasteiger partial charge in [-0.05, 0) is 29.0 Å². The Hall–Kier alpha value is -2.69. The van der Waals surface area contributed by atoms with E-state index in [9.17, 15) is 14.0 Å². The second-order valence-corrected chi connectivity index (χ2v) is 4.04. The Morgan fingerprint density at radius 2 is 1.53 bits per heavy atom. The van der Waals surface area contributed by atoms with E-state index in [0.717, 1.165) is 4.70 Å². The molecular formula is C14H8FN2O2+. The second kappa shape index (κ2) is 4.20. The Morgan fingerprint density at radius 1 is 0.895 bits per heavy atom. The molecular weight excluding hydrogens is 247 g/mol. The number of halogens is 1. The van der Waals surface area contributed by atoms with Crippen LogP contribution in [-0.4, -0.2) is 16.5 Å². The van der Waals surface area contributed by atoms with Gasteiger partial charge in [-0.15, -0.1) is 0 Å². The maximum absolute atomic E-state index is 12.9. The average molecular weight is 255 g/mol. The van der Waals surface area contributed by atoms with Crippen molar-refractivity contribution in [2.24, 2.45) is 5.11 Å². The highest BCUT2D eigenvalue weighted by Gasteiger charge is 2.35. The second-order valence-electron chi connectivity index (χ2n) is 4.04. The number of nitrogens with zero attached hydrogens (tertiary/aromatic N) is 2.